The molecule has 3 heteroatoms. The highest BCUT2D eigenvalue weighted by Gasteiger charge is 2.16. The molecular weight excluding hydrogens is 310 g/mol. The van der Waals surface area contributed by atoms with E-state index in [-0.39, 0.29) is 11.8 Å². The van der Waals surface area contributed by atoms with E-state index in [1.54, 1.807) is 7.11 Å². The minimum Gasteiger partial charge on any atom is -0.497 e. The number of carbonyl (C=O) groups excluding carboxylic acids is 1. The summed E-state index contributed by atoms with van der Waals surface area (Å²) < 4.78 is 5.26. The maximum atomic E-state index is 12.6. The Balaban J connectivity index is 1.77. The largest absolute Gasteiger partial charge is 0.497 e. The van der Waals surface area contributed by atoms with Crippen molar-refractivity contribution in [2.75, 3.05) is 12.4 Å². The van der Waals surface area contributed by atoms with Crippen molar-refractivity contribution in [3.63, 3.8) is 0 Å². The van der Waals surface area contributed by atoms with E-state index in [1.165, 1.54) is 5.56 Å². The molecular formula is C22H23NO2. The molecule has 1 N–H and O–H groups in total. The third-order valence-corrected chi connectivity index (χ3v) is 4.59. The molecule has 0 aromatic heterocycles. The highest BCUT2D eigenvalue weighted by atomic mass is 16.5. The number of anilines is 1. The van der Waals surface area contributed by atoms with Crippen molar-refractivity contribution in [1.82, 2.24) is 0 Å². The lowest BCUT2D eigenvalue weighted by Gasteiger charge is -2.14. The summed E-state index contributed by atoms with van der Waals surface area (Å²) in [6, 6.07) is 20.1. The molecule has 1 unspecified atom stereocenters. The summed E-state index contributed by atoms with van der Waals surface area (Å²) in [7, 11) is 1.66. The number of fused-ring (bicyclic) bond motifs is 1. The number of benzene rings is 3. The number of aryl methyl sites for hydroxylation is 1. The zero-order valence-electron chi connectivity index (χ0n) is 14.9. The number of nitrogens with one attached hydrogen (secondary N) is 1. The standard InChI is InChI=1S/C22H23NO2/c1-4-16-5-10-20(11-6-16)23-22(24)15(2)17-7-8-19-14-21(25-3)12-9-18(19)13-17/h5-15H,4H2,1-3H3,(H,23,24). The molecule has 1 atom stereocenters. The van der Waals surface area contributed by atoms with E-state index in [1.807, 2.05) is 61.5 Å². The van der Waals surface area contributed by atoms with Crippen molar-refractivity contribution in [1.29, 1.82) is 0 Å². The maximum Gasteiger partial charge on any atom is 0.231 e. The summed E-state index contributed by atoms with van der Waals surface area (Å²) in [4.78, 5) is 12.6. The van der Waals surface area contributed by atoms with Gasteiger partial charge in [0.1, 0.15) is 5.75 Å². The summed E-state index contributed by atoms with van der Waals surface area (Å²) in [5.74, 6) is 0.607. The van der Waals surface area contributed by atoms with Crippen molar-refractivity contribution in [2.24, 2.45) is 0 Å². The molecule has 0 aliphatic heterocycles. The lowest BCUT2D eigenvalue weighted by atomic mass is 9.97. The fourth-order valence-corrected chi connectivity index (χ4v) is 2.86. The van der Waals surface area contributed by atoms with Gasteiger partial charge in [-0.2, -0.15) is 0 Å². The lowest BCUT2D eigenvalue weighted by molar-refractivity contribution is -0.117. The van der Waals surface area contributed by atoms with Gasteiger partial charge in [-0.15, -0.1) is 0 Å². The van der Waals surface area contributed by atoms with E-state index in [0.29, 0.717) is 0 Å². The second-order valence-electron chi connectivity index (χ2n) is 6.23. The average Bonchev–Trinajstić information content (AvgIpc) is 2.67. The summed E-state index contributed by atoms with van der Waals surface area (Å²) in [6.07, 6.45) is 0.993. The minimum atomic E-state index is -0.225. The van der Waals surface area contributed by atoms with Gasteiger partial charge in [-0.05, 0) is 59.5 Å². The molecule has 0 fully saturated rings. The van der Waals surface area contributed by atoms with Crippen molar-refractivity contribution in [3.8, 4) is 5.75 Å². The van der Waals surface area contributed by atoms with Gasteiger partial charge in [-0.3, -0.25) is 4.79 Å². The van der Waals surface area contributed by atoms with Crippen LogP contribution in [0.1, 0.15) is 30.9 Å². The Kier molecular flexibility index (Phi) is 5.03. The molecule has 3 aromatic rings. The first-order valence-electron chi connectivity index (χ1n) is 8.58. The SMILES string of the molecule is CCc1ccc(NC(=O)C(C)c2ccc3cc(OC)ccc3c2)cc1. The van der Waals surface area contributed by atoms with Crippen LogP contribution in [-0.4, -0.2) is 13.0 Å². The predicted octanol–water partition coefficient (Wildman–Crippen LogP) is 5.15. The molecule has 25 heavy (non-hydrogen) atoms. The molecule has 0 aliphatic rings. The van der Waals surface area contributed by atoms with Gasteiger partial charge in [0.15, 0.2) is 0 Å². The summed E-state index contributed by atoms with van der Waals surface area (Å²) in [5, 5.41) is 5.20. The van der Waals surface area contributed by atoms with Gasteiger partial charge in [0.2, 0.25) is 5.91 Å². The highest BCUT2D eigenvalue weighted by Crippen LogP contribution is 2.26. The van der Waals surface area contributed by atoms with Crippen LogP contribution in [0.3, 0.4) is 0 Å². The first kappa shape index (κ1) is 17.0. The number of amides is 1. The van der Waals surface area contributed by atoms with Crippen LogP contribution >= 0.6 is 0 Å². The predicted molar refractivity (Wildman–Crippen MR) is 103 cm³/mol. The number of carbonyl (C=O) groups is 1. The molecule has 1 amide bonds. The van der Waals surface area contributed by atoms with Gasteiger partial charge in [0.25, 0.3) is 0 Å². The molecule has 0 spiro atoms. The number of hydrogen-bond donors (Lipinski definition) is 1. The summed E-state index contributed by atoms with van der Waals surface area (Å²) in [6.45, 7) is 4.05. The second kappa shape index (κ2) is 7.39. The zero-order chi connectivity index (χ0) is 17.8. The van der Waals surface area contributed by atoms with Gasteiger partial charge in [-0.25, -0.2) is 0 Å². The van der Waals surface area contributed by atoms with Crippen LogP contribution in [0.2, 0.25) is 0 Å². The average molecular weight is 333 g/mol. The first-order valence-corrected chi connectivity index (χ1v) is 8.58. The normalized spacial score (nSPS) is 12.0. The second-order valence-corrected chi connectivity index (χ2v) is 6.23. The number of hydrogen-bond acceptors (Lipinski definition) is 2. The Bertz CT molecular complexity index is 884. The zero-order valence-corrected chi connectivity index (χ0v) is 14.9. The molecule has 3 aromatic carbocycles. The quantitative estimate of drug-likeness (QED) is 0.701. The number of ether oxygens (including phenoxy) is 1. The fraction of sp³-hybridized carbons (Fsp3) is 0.227. The van der Waals surface area contributed by atoms with Crippen molar-refractivity contribution < 1.29 is 9.53 Å². The van der Waals surface area contributed by atoms with Gasteiger partial charge >= 0.3 is 0 Å². The van der Waals surface area contributed by atoms with Crippen LogP contribution in [0.4, 0.5) is 5.69 Å². The van der Waals surface area contributed by atoms with Gasteiger partial charge < -0.3 is 10.1 Å². The van der Waals surface area contributed by atoms with Crippen LogP contribution in [0.15, 0.2) is 60.7 Å². The van der Waals surface area contributed by atoms with Crippen LogP contribution in [-0.2, 0) is 11.2 Å². The van der Waals surface area contributed by atoms with Gasteiger partial charge in [-0.1, -0.05) is 43.3 Å². The van der Waals surface area contributed by atoms with E-state index in [4.69, 9.17) is 4.74 Å². The van der Waals surface area contributed by atoms with Crippen LogP contribution in [0, 0.1) is 0 Å². The van der Waals surface area contributed by atoms with Crippen molar-refractivity contribution in [3.05, 3.63) is 71.8 Å². The van der Waals surface area contributed by atoms with Crippen molar-refractivity contribution >= 4 is 22.4 Å². The lowest BCUT2D eigenvalue weighted by Crippen LogP contribution is -2.18. The molecule has 3 rings (SSSR count). The monoisotopic (exact) mass is 333 g/mol. The maximum absolute atomic E-state index is 12.6. The van der Waals surface area contributed by atoms with Crippen molar-refractivity contribution in [2.45, 2.75) is 26.2 Å². The molecule has 128 valence electrons. The topological polar surface area (TPSA) is 38.3 Å². The Morgan fingerprint density at radius 2 is 1.68 bits per heavy atom. The molecule has 0 heterocycles. The van der Waals surface area contributed by atoms with E-state index in [9.17, 15) is 4.79 Å². The van der Waals surface area contributed by atoms with E-state index >= 15 is 0 Å². The third kappa shape index (κ3) is 3.82. The van der Waals surface area contributed by atoms with Crippen LogP contribution in [0.25, 0.3) is 10.8 Å². The Morgan fingerprint density at radius 1 is 1.00 bits per heavy atom. The molecule has 0 aliphatic carbocycles. The molecule has 3 nitrogen and oxygen atoms in total. The molecule has 0 saturated carbocycles. The molecule has 0 radical (unpaired) electrons. The molecule has 0 saturated heterocycles. The fourth-order valence-electron chi connectivity index (χ4n) is 2.86. The summed E-state index contributed by atoms with van der Waals surface area (Å²) >= 11 is 0. The van der Waals surface area contributed by atoms with E-state index < -0.39 is 0 Å². The van der Waals surface area contributed by atoms with Gasteiger partial charge in [0.05, 0.1) is 13.0 Å². The summed E-state index contributed by atoms with van der Waals surface area (Å²) in [5.41, 5.74) is 3.09. The first-order chi connectivity index (χ1) is 12.1. The Labute approximate surface area is 148 Å². The number of methoxy groups -OCH3 is 1. The van der Waals surface area contributed by atoms with E-state index in [2.05, 4.69) is 18.3 Å². The van der Waals surface area contributed by atoms with Crippen LogP contribution in [0.5, 0.6) is 5.75 Å². The minimum absolute atomic E-state index is 0.00268. The van der Waals surface area contributed by atoms with Gasteiger partial charge in [0, 0.05) is 5.69 Å². The third-order valence-electron chi connectivity index (χ3n) is 4.59. The van der Waals surface area contributed by atoms with E-state index in [0.717, 1.165) is 34.2 Å². The molecule has 0 bridgehead atoms. The van der Waals surface area contributed by atoms with Crippen LogP contribution < -0.4 is 10.1 Å². The Morgan fingerprint density at radius 3 is 2.36 bits per heavy atom. The highest BCUT2D eigenvalue weighted by molar-refractivity contribution is 5.96. The number of rotatable bonds is 5. The smallest absolute Gasteiger partial charge is 0.231 e. The Hall–Kier alpha value is -2.81.